The molecule has 2 N–H and O–H groups in total. The molecule has 122 valence electrons. The van der Waals surface area contributed by atoms with Gasteiger partial charge in [-0.15, -0.1) is 11.3 Å². The number of nitrogens with two attached hydrogens (primary N) is 1. The van der Waals surface area contributed by atoms with E-state index in [0.717, 1.165) is 10.6 Å². The minimum Gasteiger partial charge on any atom is -0.444 e. The molecule has 0 aliphatic carbocycles. The fourth-order valence-electron chi connectivity index (χ4n) is 3.13. The highest BCUT2D eigenvalue weighted by Gasteiger charge is 2.30. The van der Waals surface area contributed by atoms with E-state index in [1.165, 1.54) is 11.1 Å². The summed E-state index contributed by atoms with van der Waals surface area (Å²) < 4.78 is 5.57. The maximum Gasteiger partial charge on any atom is 0.236 e. The normalized spacial score (nSPS) is 17.6. The first-order chi connectivity index (χ1) is 11.7. The number of rotatable bonds is 4. The van der Waals surface area contributed by atoms with Crippen LogP contribution < -0.4 is 5.73 Å². The Morgan fingerprint density at radius 2 is 2.12 bits per heavy atom. The van der Waals surface area contributed by atoms with Crippen molar-refractivity contribution in [3.63, 3.8) is 0 Å². The van der Waals surface area contributed by atoms with Gasteiger partial charge in [-0.2, -0.15) is 0 Å². The fourth-order valence-corrected chi connectivity index (χ4v) is 3.78. The molecule has 1 atom stereocenters. The molecule has 4 rings (SSSR count). The Labute approximate surface area is 143 Å². The zero-order chi connectivity index (χ0) is 16.5. The van der Waals surface area contributed by atoms with Gasteiger partial charge in [0, 0.05) is 13.1 Å². The third-order valence-corrected chi connectivity index (χ3v) is 5.18. The smallest absolute Gasteiger partial charge is 0.236 e. The minimum absolute atomic E-state index is 0.300. The van der Waals surface area contributed by atoms with E-state index in [0.29, 0.717) is 25.4 Å². The molecule has 3 aromatic rings. The molecule has 0 saturated heterocycles. The van der Waals surface area contributed by atoms with E-state index >= 15 is 0 Å². The number of benzene rings is 1. The maximum atomic E-state index is 11.9. The van der Waals surface area contributed by atoms with Gasteiger partial charge in [0.05, 0.1) is 16.6 Å². The van der Waals surface area contributed by atoms with E-state index in [1.807, 2.05) is 29.6 Å². The Kier molecular flexibility index (Phi) is 3.92. The molecule has 1 aliphatic heterocycles. The number of hydrogen-bond donors (Lipinski definition) is 1. The van der Waals surface area contributed by atoms with Crippen LogP contribution >= 0.6 is 11.3 Å². The van der Waals surface area contributed by atoms with Crippen LogP contribution in [0, 0.1) is 0 Å². The Bertz CT molecular complexity index is 857. The van der Waals surface area contributed by atoms with Crippen LogP contribution in [0.2, 0.25) is 0 Å². The van der Waals surface area contributed by atoms with Crippen molar-refractivity contribution in [2.75, 3.05) is 0 Å². The SMILES string of the molecule is NC(=O)C1Cc2ccccc2CN1Cc1coc(-c2cccs2)n1. The maximum absolute atomic E-state index is 11.9. The second-order valence-electron chi connectivity index (χ2n) is 5.92. The molecule has 2 aromatic heterocycles. The summed E-state index contributed by atoms with van der Waals surface area (Å²) in [4.78, 5) is 19.5. The van der Waals surface area contributed by atoms with Crippen LogP contribution in [0.5, 0.6) is 0 Å². The van der Waals surface area contributed by atoms with Crippen LogP contribution in [0.25, 0.3) is 10.8 Å². The average molecular weight is 339 g/mol. The molecule has 1 aromatic carbocycles. The van der Waals surface area contributed by atoms with E-state index in [9.17, 15) is 4.79 Å². The number of carbonyl (C=O) groups is 1. The molecule has 0 spiro atoms. The van der Waals surface area contributed by atoms with Crippen molar-refractivity contribution in [1.82, 2.24) is 9.88 Å². The van der Waals surface area contributed by atoms with Gasteiger partial charge in [-0.3, -0.25) is 9.69 Å². The van der Waals surface area contributed by atoms with E-state index < -0.39 is 0 Å². The lowest BCUT2D eigenvalue weighted by molar-refractivity contribution is -0.124. The minimum atomic E-state index is -0.318. The summed E-state index contributed by atoms with van der Waals surface area (Å²) in [5, 5.41) is 1.99. The lowest BCUT2D eigenvalue weighted by atomic mass is 9.93. The molecular formula is C18H17N3O2S. The van der Waals surface area contributed by atoms with Crippen LogP contribution in [-0.2, 0) is 24.3 Å². The van der Waals surface area contributed by atoms with Crippen LogP contribution in [-0.4, -0.2) is 21.8 Å². The fraction of sp³-hybridized carbons (Fsp3) is 0.222. The third-order valence-electron chi connectivity index (χ3n) is 4.32. The number of fused-ring (bicyclic) bond motifs is 1. The van der Waals surface area contributed by atoms with Gasteiger partial charge in [-0.05, 0) is 29.0 Å². The summed E-state index contributed by atoms with van der Waals surface area (Å²) in [5.41, 5.74) is 8.86. The summed E-state index contributed by atoms with van der Waals surface area (Å²) >= 11 is 1.59. The standard InChI is InChI=1S/C18H17N3O2S/c19-17(22)15-8-12-4-1-2-5-13(12)9-21(15)10-14-11-23-18(20-14)16-6-3-7-24-16/h1-7,11,15H,8-10H2,(H2,19,22). The van der Waals surface area contributed by atoms with Gasteiger partial charge in [-0.1, -0.05) is 30.3 Å². The second kappa shape index (κ2) is 6.22. The Morgan fingerprint density at radius 1 is 1.29 bits per heavy atom. The molecule has 1 amide bonds. The summed E-state index contributed by atoms with van der Waals surface area (Å²) in [7, 11) is 0. The Balaban J connectivity index is 1.57. The quantitative estimate of drug-likeness (QED) is 0.793. The van der Waals surface area contributed by atoms with Crippen molar-refractivity contribution in [2.45, 2.75) is 25.6 Å². The molecule has 5 nitrogen and oxygen atoms in total. The number of thiophene rings is 1. The highest BCUT2D eigenvalue weighted by atomic mass is 32.1. The summed E-state index contributed by atoms with van der Waals surface area (Å²) in [6.07, 6.45) is 2.30. The Morgan fingerprint density at radius 3 is 2.88 bits per heavy atom. The van der Waals surface area contributed by atoms with Crippen molar-refractivity contribution in [3.8, 4) is 10.8 Å². The predicted molar refractivity (Wildman–Crippen MR) is 92.2 cm³/mol. The van der Waals surface area contributed by atoms with E-state index in [4.69, 9.17) is 10.2 Å². The van der Waals surface area contributed by atoms with Gasteiger partial charge in [0.1, 0.15) is 6.26 Å². The topological polar surface area (TPSA) is 72.4 Å². The van der Waals surface area contributed by atoms with Gasteiger partial charge < -0.3 is 10.2 Å². The zero-order valence-electron chi connectivity index (χ0n) is 13.0. The first-order valence-electron chi connectivity index (χ1n) is 7.79. The molecule has 6 heteroatoms. The number of primary amides is 1. The summed E-state index contributed by atoms with van der Waals surface area (Å²) in [5.74, 6) is 0.319. The predicted octanol–water partition coefficient (Wildman–Crippen LogP) is 2.82. The highest BCUT2D eigenvalue weighted by Crippen LogP contribution is 2.27. The van der Waals surface area contributed by atoms with E-state index in [-0.39, 0.29) is 11.9 Å². The van der Waals surface area contributed by atoms with E-state index in [2.05, 4.69) is 22.0 Å². The summed E-state index contributed by atoms with van der Waals surface area (Å²) in [6.45, 7) is 1.22. The lowest BCUT2D eigenvalue weighted by Gasteiger charge is -2.34. The van der Waals surface area contributed by atoms with Crippen molar-refractivity contribution >= 4 is 17.2 Å². The monoisotopic (exact) mass is 339 g/mol. The van der Waals surface area contributed by atoms with Crippen LogP contribution in [0.3, 0.4) is 0 Å². The molecular weight excluding hydrogens is 322 g/mol. The largest absolute Gasteiger partial charge is 0.444 e. The second-order valence-corrected chi connectivity index (χ2v) is 6.86. The van der Waals surface area contributed by atoms with Gasteiger partial charge in [-0.25, -0.2) is 4.98 Å². The van der Waals surface area contributed by atoms with Crippen LogP contribution in [0.1, 0.15) is 16.8 Å². The number of hydrogen-bond acceptors (Lipinski definition) is 5. The lowest BCUT2D eigenvalue weighted by Crippen LogP contribution is -2.48. The van der Waals surface area contributed by atoms with Gasteiger partial charge in [0.25, 0.3) is 0 Å². The molecule has 1 unspecified atom stereocenters. The van der Waals surface area contributed by atoms with Gasteiger partial charge >= 0.3 is 0 Å². The van der Waals surface area contributed by atoms with Gasteiger partial charge in [0.2, 0.25) is 11.8 Å². The number of carbonyl (C=O) groups excluding carboxylic acids is 1. The molecule has 24 heavy (non-hydrogen) atoms. The molecule has 3 heterocycles. The van der Waals surface area contributed by atoms with Gasteiger partial charge in [0.15, 0.2) is 0 Å². The first kappa shape index (κ1) is 15.1. The van der Waals surface area contributed by atoms with Crippen LogP contribution in [0.4, 0.5) is 0 Å². The van der Waals surface area contributed by atoms with Crippen molar-refractivity contribution < 1.29 is 9.21 Å². The van der Waals surface area contributed by atoms with Crippen LogP contribution in [0.15, 0.2) is 52.5 Å². The summed E-state index contributed by atoms with van der Waals surface area (Å²) in [6, 6.07) is 11.8. The first-order valence-corrected chi connectivity index (χ1v) is 8.67. The number of aromatic nitrogens is 1. The van der Waals surface area contributed by atoms with Crippen molar-refractivity contribution in [3.05, 3.63) is 64.9 Å². The average Bonchev–Trinajstić information content (AvgIpc) is 3.25. The van der Waals surface area contributed by atoms with E-state index in [1.54, 1.807) is 17.6 Å². The number of oxazole rings is 1. The zero-order valence-corrected chi connectivity index (χ0v) is 13.8. The molecule has 0 saturated carbocycles. The number of amides is 1. The molecule has 1 aliphatic rings. The number of nitrogens with zero attached hydrogens (tertiary/aromatic N) is 2. The highest BCUT2D eigenvalue weighted by molar-refractivity contribution is 7.13. The Hall–Kier alpha value is -2.44. The van der Waals surface area contributed by atoms with Crippen molar-refractivity contribution in [2.24, 2.45) is 5.73 Å². The van der Waals surface area contributed by atoms with Crippen molar-refractivity contribution in [1.29, 1.82) is 0 Å². The molecule has 0 bridgehead atoms. The molecule has 0 fully saturated rings. The molecule has 0 radical (unpaired) electrons. The third kappa shape index (κ3) is 2.86.